The number of methoxy groups -OCH3 is 1. The summed E-state index contributed by atoms with van der Waals surface area (Å²) in [5, 5.41) is 3.11. The highest BCUT2D eigenvalue weighted by atomic mass is 16.5. The van der Waals surface area contributed by atoms with Crippen LogP contribution in [0.2, 0.25) is 0 Å². The number of nitrogens with zero attached hydrogens (tertiary/aromatic N) is 1. The van der Waals surface area contributed by atoms with Crippen LogP contribution in [0, 0.1) is 0 Å². The average Bonchev–Trinajstić information content (AvgIpc) is 2.36. The first-order chi connectivity index (χ1) is 8.21. The second kappa shape index (κ2) is 7.67. The number of amides is 1. The zero-order valence-electron chi connectivity index (χ0n) is 11.4. The molecule has 2 atom stereocenters. The Labute approximate surface area is 105 Å². The van der Waals surface area contributed by atoms with Gasteiger partial charge in [0.1, 0.15) is 0 Å². The van der Waals surface area contributed by atoms with Crippen LogP contribution in [0.15, 0.2) is 0 Å². The van der Waals surface area contributed by atoms with Crippen LogP contribution in [0.1, 0.15) is 39.5 Å². The van der Waals surface area contributed by atoms with E-state index in [2.05, 4.69) is 24.1 Å². The van der Waals surface area contributed by atoms with Crippen LogP contribution in [0.4, 0.5) is 0 Å². The fourth-order valence-electron chi connectivity index (χ4n) is 2.45. The van der Waals surface area contributed by atoms with Gasteiger partial charge in [-0.15, -0.1) is 0 Å². The zero-order valence-corrected chi connectivity index (χ0v) is 11.4. The van der Waals surface area contributed by atoms with Crippen molar-refractivity contribution >= 4 is 5.91 Å². The maximum atomic E-state index is 11.9. The lowest BCUT2D eigenvalue weighted by molar-refractivity contribution is -0.124. The number of hydrogen-bond donors (Lipinski definition) is 1. The van der Waals surface area contributed by atoms with Crippen LogP contribution in [-0.4, -0.2) is 49.7 Å². The summed E-state index contributed by atoms with van der Waals surface area (Å²) in [7, 11) is 1.74. The van der Waals surface area contributed by atoms with Crippen LogP contribution in [0.25, 0.3) is 0 Å². The van der Waals surface area contributed by atoms with Crippen molar-refractivity contribution in [1.29, 1.82) is 0 Å². The lowest BCUT2D eigenvalue weighted by Crippen LogP contribution is -2.49. The summed E-state index contributed by atoms with van der Waals surface area (Å²) in [6, 6.07) is 0.205. The maximum absolute atomic E-state index is 11.9. The van der Waals surface area contributed by atoms with Gasteiger partial charge in [0.15, 0.2) is 0 Å². The predicted octanol–water partition coefficient (Wildman–Crippen LogP) is 1.40. The van der Waals surface area contributed by atoms with Crippen LogP contribution in [0.3, 0.4) is 0 Å². The summed E-state index contributed by atoms with van der Waals surface area (Å²) >= 11 is 0. The second-order valence-electron chi connectivity index (χ2n) is 4.69. The molecule has 0 unspecified atom stereocenters. The van der Waals surface area contributed by atoms with Gasteiger partial charge in [-0.1, -0.05) is 26.7 Å². The van der Waals surface area contributed by atoms with E-state index in [-0.39, 0.29) is 18.1 Å². The van der Waals surface area contributed by atoms with Crippen LogP contribution < -0.4 is 5.32 Å². The Morgan fingerprint density at radius 3 is 2.53 bits per heavy atom. The number of ether oxygens (including phenoxy) is 1. The summed E-state index contributed by atoms with van der Waals surface area (Å²) in [4.78, 5) is 14.0. The van der Waals surface area contributed by atoms with Gasteiger partial charge in [0, 0.05) is 7.11 Å². The second-order valence-corrected chi connectivity index (χ2v) is 4.69. The minimum Gasteiger partial charge on any atom is -0.379 e. The fraction of sp³-hybridized carbons (Fsp3) is 0.923. The first-order valence-corrected chi connectivity index (χ1v) is 6.75. The van der Waals surface area contributed by atoms with Gasteiger partial charge >= 0.3 is 0 Å². The van der Waals surface area contributed by atoms with E-state index in [0.717, 1.165) is 25.9 Å². The quantitative estimate of drug-likeness (QED) is 0.765. The minimum absolute atomic E-state index is 0.127. The molecule has 1 fully saturated rings. The van der Waals surface area contributed by atoms with E-state index in [4.69, 9.17) is 4.74 Å². The summed E-state index contributed by atoms with van der Waals surface area (Å²) in [5.74, 6) is 0.127. The van der Waals surface area contributed by atoms with Crippen molar-refractivity contribution in [3.05, 3.63) is 0 Å². The van der Waals surface area contributed by atoms with E-state index in [1.807, 2.05) is 0 Å². The van der Waals surface area contributed by atoms with Crippen molar-refractivity contribution in [2.24, 2.45) is 0 Å². The zero-order chi connectivity index (χ0) is 12.7. The Morgan fingerprint density at radius 2 is 1.94 bits per heavy atom. The third-order valence-corrected chi connectivity index (χ3v) is 3.61. The lowest BCUT2D eigenvalue weighted by atomic mass is 9.92. The molecule has 0 spiro atoms. The van der Waals surface area contributed by atoms with Crippen LogP contribution >= 0.6 is 0 Å². The topological polar surface area (TPSA) is 41.6 Å². The highest BCUT2D eigenvalue weighted by molar-refractivity contribution is 5.78. The molecule has 0 bridgehead atoms. The van der Waals surface area contributed by atoms with Crippen molar-refractivity contribution in [2.75, 3.05) is 26.7 Å². The molecule has 4 heteroatoms. The molecule has 1 amide bonds. The number of carbonyl (C=O) groups is 1. The van der Waals surface area contributed by atoms with E-state index >= 15 is 0 Å². The standard InChI is InChI=1S/C13H26N2O2/c1-4-15(5-2)10-13(16)14-11-8-6-7-9-12(11)17-3/h11-12H,4-10H2,1-3H3,(H,14,16)/t11-,12+/m0/s1. The molecule has 1 aliphatic carbocycles. The van der Waals surface area contributed by atoms with Crippen molar-refractivity contribution < 1.29 is 9.53 Å². The molecule has 0 aromatic carbocycles. The average molecular weight is 242 g/mol. The van der Waals surface area contributed by atoms with Gasteiger partial charge in [0.05, 0.1) is 18.7 Å². The molecule has 1 rings (SSSR count). The summed E-state index contributed by atoms with van der Waals surface area (Å²) in [6.45, 7) is 6.50. The summed E-state index contributed by atoms with van der Waals surface area (Å²) in [6.07, 6.45) is 4.70. The molecule has 0 aliphatic heterocycles. The van der Waals surface area contributed by atoms with Crippen molar-refractivity contribution in [3.8, 4) is 0 Å². The van der Waals surface area contributed by atoms with Crippen LogP contribution in [-0.2, 0) is 9.53 Å². The molecular weight excluding hydrogens is 216 g/mol. The molecule has 100 valence electrons. The molecule has 1 saturated carbocycles. The molecule has 4 nitrogen and oxygen atoms in total. The summed E-state index contributed by atoms with van der Waals surface area (Å²) in [5.41, 5.74) is 0. The van der Waals surface area contributed by atoms with Gasteiger partial charge in [0.2, 0.25) is 5.91 Å². The van der Waals surface area contributed by atoms with E-state index in [0.29, 0.717) is 6.54 Å². The predicted molar refractivity (Wildman–Crippen MR) is 69.0 cm³/mol. The number of carbonyl (C=O) groups excluding carboxylic acids is 1. The third-order valence-electron chi connectivity index (χ3n) is 3.61. The molecule has 1 aliphatic rings. The molecule has 0 aromatic rings. The first kappa shape index (κ1) is 14.5. The molecule has 0 saturated heterocycles. The fourth-order valence-corrected chi connectivity index (χ4v) is 2.45. The van der Waals surface area contributed by atoms with E-state index in [1.54, 1.807) is 7.11 Å². The Bertz CT molecular complexity index is 229. The van der Waals surface area contributed by atoms with E-state index < -0.39 is 0 Å². The highest BCUT2D eigenvalue weighted by Crippen LogP contribution is 2.20. The smallest absolute Gasteiger partial charge is 0.234 e. The molecular formula is C13H26N2O2. The van der Waals surface area contributed by atoms with Gasteiger partial charge < -0.3 is 10.1 Å². The Kier molecular flexibility index (Phi) is 6.52. The maximum Gasteiger partial charge on any atom is 0.234 e. The first-order valence-electron chi connectivity index (χ1n) is 6.75. The highest BCUT2D eigenvalue weighted by Gasteiger charge is 2.26. The lowest BCUT2D eigenvalue weighted by Gasteiger charge is -2.31. The Balaban J connectivity index is 2.38. The van der Waals surface area contributed by atoms with Crippen LogP contribution in [0.5, 0.6) is 0 Å². The number of likely N-dealkylation sites (N-methyl/N-ethyl adjacent to an activating group) is 1. The molecule has 0 radical (unpaired) electrons. The van der Waals surface area contributed by atoms with E-state index in [1.165, 1.54) is 12.8 Å². The molecule has 0 heterocycles. The Hall–Kier alpha value is -0.610. The molecule has 17 heavy (non-hydrogen) atoms. The largest absolute Gasteiger partial charge is 0.379 e. The minimum atomic E-state index is 0.127. The SMILES string of the molecule is CCN(CC)CC(=O)N[C@H]1CCCC[C@H]1OC. The Morgan fingerprint density at radius 1 is 1.29 bits per heavy atom. The monoisotopic (exact) mass is 242 g/mol. The van der Waals surface area contributed by atoms with Crippen molar-refractivity contribution in [3.63, 3.8) is 0 Å². The molecule has 1 N–H and O–H groups in total. The van der Waals surface area contributed by atoms with Gasteiger partial charge in [0.25, 0.3) is 0 Å². The van der Waals surface area contributed by atoms with Crippen molar-refractivity contribution in [2.45, 2.75) is 51.7 Å². The van der Waals surface area contributed by atoms with Gasteiger partial charge in [-0.05, 0) is 25.9 Å². The van der Waals surface area contributed by atoms with E-state index in [9.17, 15) is 4.79 Å². The molecule has 0 aromatic heterocycles. The number of hydrogen-bond acceptors (Lipinski definition) is 3. The number of nitrogens with one attached hydrogen (secondary N) is 1. The normalized spacial score (nSPS) is 24.9. The van der Waals surface area contributed by atoms with Gasteiger partial charge in [-0.3, -0.25) is 9.69 Å². The van der Waals surface area contributed by atoms with Gasteiger partial charge in [-0.25, -0.2) is 0 Å². The van der Waals surface area contributed by atoms with Crippen molar-refractivity contribution in [1.82, 2.24) is 10.2 Å². The summed E-state index contributed by atoms with van der Waals surface area (Å²) < 4.78 is 5.43. The third kappa shape index (κ3) is 4.64. The van der Waals surface area contributed by atoms with Gasteiger partial charge in [-0.2, -0.15) is 0 Å². The number of rotatable bonds is 6.